The number of carbonyl (C=O) groups is 2. The molecule has 172 valence electrons. The number of aliphatic carboxylic acids is 1. The van der Waals surface area contributed by atoms with Crippen molar-refractivity contribution >= 4 is 17.6 Å². The maximum absolute atomic E-state index is 14.4. The molecule has 1 atom stereocenters. The number of benzene rings is 2. The number of pyridine rings is 1. The number of nitrogens with one attached hydrogen (secondary N) is 1. The summed E-state index contributed by atoms with van der Waals surface area (Å²) in [6.07, 6.45) is -2.68. The second-order valence-electron chi connectivity index (χ2n) is 6.59. The first kappa shape index (κ1) is 23.5. The molecule has 0 unspecified atom stereocenters. The first-order valence-electron chi connectivity index (χ1n) is 9.34. The molecule has 2 aromatic carbocycles. The van der Waals surface area contributed by atoms with Crippen molar-refractivity contribution in [1.82, 2.24) is 4.98 Å². The lowest BCUT2D eigenvalue weighted by Crippen LogP contribution is -2.40. The lowest BCUT2D eigenvalue weighted by Gasteiger charge is -2.25. The molecule has 0 saturated heterocycles. The maximum atomic E-state index is 14.4. The van der Waals surface area contributed by atoms with E-state index in [0.29, 0.717) is 22.7 Å². The van der Waals surface area contributed by atoms with Gasteiger partial charge in [0.25, 0.3) is 5.91 Å². The summed E-state index contributed by atoms with van der Waals surface area (Å²) in [6.45, 7) is 0.0976. The monoisotopic (exact) mass is 464 g/mol. The lowest BCUT2D eigenvalue weighted by molar-refractivity contribution is -0.192. The van der Waals surface area contributed by atoms with Crippen molar-refractivity contribution in [2.24, 2.45) is 0 Å². The number of ether oxygens (including phenoxy) is 2. The van der Waals surface area contributed by atoms with Gasteiger partial charge in [-0.2, -0.15) is 13.2 Å². The number of rotatable bonds is 3. The Balaban J connectivity index is 0.000000383. The summed E-state index contributed by atoms with van der Waals surface area (Å²) < 4.78 is 57.3. The molecule has 0 saturated carbocycles. The van der Waals surface area contributed by atoms with E-state index in [0.717, 1.165) is 5.56 Å². The molecule has 7 nitrogen and oxygen atoms in total. The molecule has 33 heavy (non-hydrogen) atoms. The maximum Gasteiger partial charge on any atom is 0.490 e. The number of nitrogens with zero attached hydrogens (tertiary/aromatic N) is 1. The zero-order chi connectivity index (χ0) is 24.0. The number of para-hydroxylation sites is 2. The molecule has 2 heterocycles. The second kappa shape index (κ2) is 9.98. The summed E-state index contributed by atoms with van der Waals surface area (Å²) >= 11 is 0. The number of carboxylic acids is 1. The number of hydrogen-bond donors (Lipinski definition) is 2. The lowest BCUT2D eigenvalue weighted by atomic mass is 10.1. The van der Waals surface area contributed by atoms with Gasteiger partial charge in [0.1, 0.15) is 12.4 Å². The van der Waals surface area contributed by atoms with Gasteiger partial charge in [-0.25, -0.2) is 9.18 Å². The van der Waals surface area contributed by atoms with E-state index in [2.05, 4.69) is 10.3 Å². The second-order valence-corrected chi connectivity index (χ2v) is 6.59. The van der Waals surface area contributed by atoms with Gasteiger partial charge in [0.15, 0.2) is 11.5 Å². The molecule has 0 fully saturated rings. The molecule has 0 radical (unpaired) electrons. The molecule has 1 aliphatic heterocycles. The van der Waals surface area contributed by atoms with Crippen LogP contribution < -0.4 is 14.8 Å². The molecular formula is C22H16F4N2O5. The quantitative estimate of drug-likeness (QED) is 0.561. The normalized spacial score (nSPS) is 14.5. The fraction of sp³-hybridized carbons (Fsp3) is 0.136. The van der Waals surface area contributed by atoms with Crippen molar-refractivity contribution in [3.8, 4) is 22.6 Å². The third-order valence-electron chi connectivity index (χ3n) is 4.27. The molecule has 1 aliphatic rings. The zero-order valence-electron chi connectivity index (χ0n) is 16.7. The molecule has 3 aromatic rings. The summed E-state index contributed by atoms with van der Waals surface area (Å²) in [5.74, 6) is -2.47. The van der Waals surface area contributed by atoms with E-state index in [9.17, 15) is 22.4 Å². The third-order valence-corrected chi connectivity index (χ3v) is 4.27. The number of anilines is 1. The summed E-state index contributed by atoms with van der Waals surface area (Å²) in [6, 6.07) is 15.1. The van der Waals surface area contributed by atoms with Crippen molar-refractivity contribution in [2.75, 3.05) is 11.9 Å². The Morgan fingerprint density at radius 3 is 2.27 bits per heavy atom. The van der Waals surface area contributed by atoms with Gasteiger partial charge >= 0.3 is 12.1 Å². The van der Waals surface area contributed by atoms with Gasteiger partial charge in [0.05, 0.1) is 0 Å². The van der Waals surface area contributed by atoms with Crippen LogP contribution in [0.15, 0.2) is 67.0 Å². The van der Waals surface area contributed by atoms with Gasteiger partial charge in [0, 0.05) is 23.6 Å². The topological polar surface area (TPSA) is 97.8 Å². The van der Waals surface area contributed by atoms with Gasteiger partial charge in [-0.3, -0.25) is 9.78 Å². The van der Waals surface area contributed by atoms with E-state index in [-0.39, 0.29) is 6.61 Å². The van der Waals surface area contributed by atoms with Crippen molar-refractivity contribution in [2.45, 2.75) is 12.3 Å². The minimum atomic E-state index is -5.08. The highest BCUT2D eigenvalue weighted by atomic mass is 19.4. The minimum Gasteiger partial charge on any atom is -0.485 e. The SMILES string of the molecule is O=C(Nc1ccc(-c2ccncc2)c(F)c1)[C@H]1COc2ccccc2O1.O=C(O)C(F)(F)F. The molecule has 1 aromatic heterocycles. The Morgan fingerprint density at radius 2 is 1.67 bits per heavy atom. The highest BCUT2D eigenvalue weighted by Gasteiger charge is 2.38. The third kappa shape index (κ3) is 6.19. The van der Waals surface area contributed by atoms with Crippen LogP contribution >= 0.6 is 0 Å². The molecule has 4 rings (SSSR count). The number of carbonyl (C=O) groups excluding carboxylic acids is 1. The zero-order valence-corrected chi connectivity index (χ0v) is 16.7. The number of amides is 1. The van der Waals surface area contributed by atoms with E-state index in [1.807, 2.05) is 6.07 Å². The number of halogens is 4. The molecule has 11 heteroatoms. The first-order valence-corrected chi connectivity index (χ1v) is 9.34. The summed E-state index contributed by atoms with van der Waals surface area (Å²) in [4.78, 5) is 25.2. The van der Waals surface area contributed by atoms with Crippen LogP contribution in [0.1, 0.15) is 0 Å². The van der Waals surface area contributed by atoms with Crippen LogP contribution in [0, 0.1) is 5.82 Å². The van der Waals surface area contributed by atoms with E-state index in [4.69, 9.17) is 19.4 Å². The number of fused-ring (bicyclic) bond motifs is 1. The van der Waals surface area contributed by atoms with E-state index >= 15 is 0 Å². The highest BCUT2D eigenvalue weighted by molar-refractivity contribution is 5.95. The Morgan fingerprint density at radius 1 is 1.03 bits per heavy atom. The standard InChI is InChI=1S/C20H15FN2O3.C2HF3O2/c21-16-11-14(5-6-15(16)13-7-9-22-10-8-13)23-20(24)19-12-25-17-3-1-2-4-18(17)26-19;3-2(4,5)1(6)7/h1-11,19H,12H2,(H,23,24);(H,6,7)/t19-;/m1./s1. The van der Waals surface area contributed by atoms with Crippen molar-refractivity contribution < 1.29 is 41.7 Å². The number of aromatic nitrogens is 1. The van der Waals surface area contributed by atoms with Crippen LogP contribution in [0.4, 0.5) is 23.2 Å². The van der Waals surface area contributed by atoms with Crippen LogP contribution in [0.2, 0.25) is 0 Å². The van der Waals surface area contributed by atoms with Gasteiger partial charge in [0.2, 0.25) is 6.10 Å². The number of carboxylic acid groups (broad SMARTS) is 1. The number of hydrogen-bond acceptors (Lipinski definition) is 5. The van der Waals surface area contributed by atoms with E-state index in [1.165, 1.54) is 6.07 Å². The summed E-state index contributed by atoms with van der Waals surface area (Å²) in [5.41, 5.74) is 1.51. The predicted octanol–water partition coefficient (Wildman–Crippen LogP) is 4.30. The average molecular weight is 464 g/mol. The van der Waals surface area contributed by atoms with Gasteiger partial charge in [-0.1, -0.05) is 12.1 Å². The smallest absolute Gasteiger partial charge is 0.485 e. The van der Waals surface area contributed by atoms with Gasteiger partial charge in [-0.15, -0.1) is 0 Å². The predicted molar refractivity (Wildman–Crippen MR) is 108 cm³/mol. The van der Waals surface area contributed by atoms with Crippen LogP contribution in [-0.4, -0.2) is 40.9 Å². The fourth-order valence-electron chi connectivity index (χ4n) is 2.73. The van der Waals surface area contributed by atoms with Crippen LogP contribution in [0.5, 0.6) is 11.5 Å². The Labute approximate surface area is 184 Å². The van der Waals surface area contributed by atoms with Crippen molar-refractivity contribution in [3.63, 3.8) is 0 Å². The van der Waals surface area contributed by atoms with Crippen LogP contribution in [-0.2, 0) is 9.59 Å². The molecular weight excluding hydrogens is 448 g/mol. The highest BCUT2D eigenvalue weighted by Crippen LogP contribution is 2.31. The fourth-order valence-corrected chi connectivity index (χ4v) is 2.73. The molecule has 2 N–H and O–H groups in total. The molecule has 0 aliphatic carbocycles. The minimum absolute atomic E-state index is 0.0976. The van der Waals surface area contributed by atoms with Crippen molar-refractivity contribution in [1.29, 1.82) is 0 Å². The Bertz CT molecular complexity index is 1140. The number of alkyl halides is 3. The largest absolute Gasteiger partial charge is 0.490 e. The van der Waals surface area contributed by atoms with Gasteiger partial charge in [-0.05, 0) is 48.0 Å². The Hall–Kier alpha value is -4.15. The molecule has 1 amide bonds. The Kier molecular flexibility index (Phi) is 7.11. The van der Waals surface area contributed by atoms with Gasteiger partial charge < -0.3 is 19.9 Å². The summed E-state index contributed by atoms with van der Waals surface area (Å²) in [5, 5.41) is 9.79. The van der Waals surface area contributed by atoms with E-state index in [1.54, 1.807) is 54.9 Å². The summed E-state index contributed by atoms with van der Waals surface area (Å²) in [7, 11) is 0. The van der Waals surface area contributed by atoms with Crippen LogP contribution in [0.3, 0.4) is 0 Å². The van der Waals surface area contributed by atoms with Crippen LogP contribution in [0.25, 0.3) is 11.1 Å². The molecule has 0 bridgehead atoms. The first-order chi connectivity index (χ1) is 15.6. The molecule has 0 spiro atoms. The van der Waals surface area contributed by atoms with E-state index < -0.39 is 30.0 Å². The average Bonchev–Trinajstić information content (AvgIpc) is 2.79. The van der Waals surface area contributed by atoms with Crippen molar-refractivity contribution in [3.05, 3.63) is 72.8 Å².